The topological polar surface area (TPSA) is 90.7 Å². The van der Waals surface area contributed by atoms with Gasteiger partial charge in [0, 0.05) is 35.4 Å². The van der Waals surface area contributed by atoms with E-state index in [-0.39, 0.29) is 30.2 Å². The zero-order valence-electron chi connectivity index (χ0n) is 15.3. The lowest BCUT2D eigenvalue weighted by Crippen LogP contribution is -2.13. The molecule has 0 aliphatic heterocycles. The summed E-state index contributed by atoms with van der Waals surface area (Å²) in [5.41, 5.74) is 1.24. The van der Waals surface area contributed by atoms with Gasteiger partial charge in [0.15, 0.2) is 0 Å². The lowest BCUT2D eigenvalue weighted by Gasteiger charge is -2.15. The maximum absolute atomic E-state index is 11.9. The molecule has 1 aliphatic carbocycles. The molecule has 7 nitrogen and oxygen atoms in total. The van der Waals surface area contributed by atoms with Crippen LogP contribution in [0.1, 0.15) is 32.3 Å². The Morgan fingerprint density at radius 3 is 2.70 bits per heavy atom. The Bertz CT molecular complexity index is 846. The lowest BCUT2D eigenvalue weighted by molar-refractivity contribution is -0.385. The summed E-state index contributed by atoms with van der Waals surface area (Å²) in [5.74, 6) is 1.26. The Hall–Kier alpha value is -3.09. The zero-order chi connectivity index (χ0) is 19.4. The molecule has 0 unspecified atom stereocenters. The average molecular weight is 370 g/mol. The second-order valence-corrected chi connectivity index (χ2v) is 6.80. The highest BCUT2D eigenvalue weighted by Crippen LogP contribution is 2.31. The minimum atomic E-state index is -0.448. The van der Waals surface area contributed by atoms with Crippen LogP contribution >= 0.6 is 0 Å². The fourth-order valence-electron chi connectivity index (χ4n) is 2.58. The number of hydrogen-bond acceptors (Lipinski definition) is 5. The number of nitro benzene ring substituents is 1. The van der Waals surface area contributed by atoms with Crippen molar-refractivity contribution in [2.75, 3.05) is 5.32 Å². The third-order valence-electron chi connectivity index (χ3n) is 4.06. The summed E-state index contributed by atoms with van der Waals surface area (Å²) < 4.78 is 11.5. The molecule has 0 saturated heterocycles. The van der Waals surface area contributed by atoms with Crippen LogP contribution in [-0.2, 0) is 11.4 Å². The van der Waals surface area contributed by atoms with E-state index in [0.717, 1.165) is 12.8 Å². The van der Waals surface area contributed by atoms with Crippen molar-refractivity contribution in [1.29, 1.82) is 0 Å². The van der Waals surface area contributed by atoms with E-state index in [4.69, 9.17) is 9.47 Å². The van der Waals surface area contributed by atoms with Crippen LogP contribution in [0.4, 0.5) is 11.4 Å². The second-order valence-electron chi connectivity index (χ2n) is 6.80. The summed E-state index contributed by atoms with van der Waals surface area (Å²) in [6, 6.07) is 11.5. The van der Waals surface area contributed by atoms with Crippen LogP contribution in [-0.4, -0.2) is 16.9 Å². The predicted molar refractivity (Wildman–Crippen MR) is 101 cm³/mol. The van der Waals surface area contributed by atoms with E-state index in [1.807, 2.05) is 13.8 Å². The molecule has 1 aliphatic rings. The van der Waals surface area contributed by atoms with Crippen molar-refractivity contribution in [3.05, 3.63) is 58.1 Å². The number of hydrogen-bond donors (Lipinski definition) is 1. The maximum Gasteiger partial charge on any atom is 0.270 e. The van der Waals surface area contributed by atoms with Gasteiger partial charge in [-0.3, -0.25) is 14.9 Å². The van der Waals surface area contributed by atoms with Crippen molar-refractivity contribution >= 4 is 17.3 Å². The molecule has 1 N–H and O–H groups in total. The Balaban J connectivity index is 1.72. The molecule has 142 valence electrons. The van der Waals surface area contributed by atoms with Crippen molar-refractivity contribution < 1.29 is 19.2 Å². The zero-order valence-corrected chi connectivity index (χ0v) is 15.3. The highest BCUT2D eigenvalue weighted by Gasteiger charge is 2.29. The van der Waals surface area contributed by atoms with E-state index in [1.165, 1.54) is 12.1 Å². The summed E-state index contributed by atoms with van der Waals surface area (Å²) in [7, 11) is 0. The minimum Gasteiger partial charge on any atom is -0.491 e. The van der Waals surface area contributed by atoms with Crippen molar-refractivity contribution in [1.82, 2.24) is 0 Å². The average Bonchev–Trinajstić information content (AvgIpc) is 3.45. The Labute approximate surface area is 157 Å². The molecule has 1 fully saturated rings. The van der Waals surface area contributed by atoms with Gasteiger partial charge in [0.2, 0.25) is 5.91 Å². The predicted octanol–water partition coefficient (Wildman–Crippen LogP) is 4.31. The molecule has 0 spiro atoms. The number of nitrogens with one attached hydrogen (secondary N) is 1. The Morgan fingerprint density at radius 1 is 1.26 bits per heavy atom. The number of carbonyl (C=O) groups excluding carboxylic acids is 1. The third-order valence-corrected chi connectivity index (χ3v) is 4.06. The van der Waals surface area contributed by atoms with Gasteiger partial charge in [-0.1, -0.05) is 6.07 Å². The fourth-order valence-corrected chi connectivity index (χ4v) is 2.58. The molecular weight excluding hydrogens is 348 g/mol. The van der Waals surface area contributed by atoms with E-state index in [9.17, 15) is 14.9 Å². The fraction of sp³-hybridized carbons (Fsp3) is 0.350. The molecule has 1 saturated carbocycles. The SMILES string of the molecule is CC(C)Oc1ccc([N+](=O)[O-])cc1COc1cccc(NC(=O)C2CC2)c1. The molecule has 0 heterocycles. The van der Waals surface area contributed by atoms with Crippen molar-refractivity contribution in [3.8, 4) is 11.5 Å². The van der Waals surface area contributed by atoms with Crippen LogP contribution in [0.3, 0.4) is 0 Å². The number of amides is 1. The van der Waals surface area contributed by atoms with Crippen molar-refractivity contribution in [3.63, 3.8) is 0 Å². The maximum atomic E-state index is 11.9. The smallest absolute Gasteiger partial charge is 0.270 e. The van der Waals surface area contributed by atoms with E-state index >= 15 is 0 Å². The normalized spacial score (nSPS) is 13.3. The Morgan fingerprint density at radius 2 is 2.04 bits per heavy atom. The van der Waals surface area contributed by atoms with Gasteiger partial charge < -0.3 is 14.8 Å². The minimum absolute atomic E-state index is 0.0184. The van der Waals surface area contributed by atoms with Gasteiger partial charge in [-0.2, -0.15) is 0 Å². The number of ether oxygens (including phenoxy) is 2. The first-order valence-corrected chi connectivity index (χ1v) is 8.90. The van der Waals surface area contributed by atoms with E-state index < -0.39 is 4.92 Å². The highest BCUT2D eigenvalue weighted by molar-refractivity contribution is 5.94. The first-order chi connectivity index (χ1) is 12.9. The monoisotopic (exact) mass is 370 g/mol. The summed E-state index contributed by atoms with van der Waals surface area (Å²) >= 11 is 0. The number of carbonyl (C=O) groups is 1. The number of rotatable bonds is 8. The molecule has 0 atom stereocenters. The van der Waals surface area contributed by atoms with E-state index in [1.54, 1.807) is 30.3 Å². The summed E-state index contributed by atoms with van der Waals surface area (Å²) in [6.07, 6.45) is 1.81. The summed E-state index contributed by atoms with van der Waals surface area (Å²) in [6.45, 7) is 3.89. The van der Waals surface area contributed by atoms with Crippen LogP contribution < -0.4 is 14.8 Å². The molecule has 0 radical (unpaired) electrons. The van der Waals surface area contributed by atoms with E-state index in [2.05, 4.69) is 5.32 Å². The standard InChI is InChI=1S/C20H22N2O5/c1-13(2)27-19-9-8-17(22(24)25)10-15(19)12-26-18-5-3-4-16(11-18)21-20(23)14-6-7-14/h3-5,8-11,13-14H,6-7,12H2,1-2H3,(H,21,23). The molecule has 2 aromatic carbocycles. The summed E-state index contributed by atoms with van der Waals surface area (Å²) in [5, 5.41) is 13.9. The van der Waals surface area contributed by atoms with Crippen LogP contribution in [0.25, 0.3) is 0 Å². The molecule has 1 amide bonds. The molecule has 0 aromatic heterocycles. The number of anilines is 1. The van der Waals surface area contributed by atoms with Gasteiger partial charge in [-0.25, -0.2) is 0 Å². The van der Waals surface area contributed by atoms with Crippen LogP contribution in [0.15, 0.2) is 42.5 Å². The van der Waals surface area contributed by atoms with Crippen LogP contribution in [0, 0.1) is 16.0 Å². The van der Waals surface area contributed by atoms with Crippen molar-refractivity contribution in [2.45, 2.75) is 39.4 Å². The van der Waals surface area contributed by atoms with Gasteiger partial charge >= 0.3 is 0 Å². The van der Waals surface area contributed by atoms with Gasteiger partial charge in [0.1, 0.15) is 18.1 Å². The lowest BCUT2D eigenvalue weighted by atomic mass is 10.2. The quantitative estimate of drug-likeness (QED) is 0.552. The van der Waals surface area contributed by atoms with Crippen LogP contribution in [0.5, 0.6) is 11.5 Å². The second kappa shape index (κ2) is 8.07. The molecule has 3 rings (SSSR count). The summed E-state index contributed by atoms with van der Waals surface area (Å²) in [4.78, 5) is 22.5. The molecular formula is C20H22N2O5. The number of non-ortho nitro benzene ring substituents is 1. The largest absolute Gasteiger partial charge is 0.491 e. The third kappa shape index (κ3) is 5.20. The Kier molecular flexibility index (Phi) is 5.59. The van der Waals surface area contributed by atoms with Gasteiger partial charge in [0.05, 0.1) is 11.0 Å². The molecule has 7 heteroatoms. The van der Waals surface area contributed by atoms with Gasteiger partial charge in [0.25, 0.3) is 5.69 Å². The number of benzene rings is 2. The number of nitro groups is 1. The molecule has 27 heavy (non-hydrogen) atoms. The van der Waals surface area contributed by atoms with Crippen LogP contribution in [0.2, 0.25) is 0 Å². The van der Waals surface area contributed by atoms with E-state index in [0.29, 0.717) is 22.7 Å². The first-order valence-electron chi connectivity index (χ1n) is 8.90. The molecule has 0 bridgehead atoms. The van der Waals surface area contributed by atoms with Gasteiger partial charge in [-0.05, 0) is 44.9 Å². The van der Waals surface area contributed by atoms with Gasteiger partial charge in [-0.15, -0.1) is 0 Å². The highest BCUT2D eigenvalue weighted by atomic mass is 16.6. The first kappa shape index (κ1) is 18.7. The molecule has 2 aromatic rings. The van der Waals surface area contributed by atoms with Crippen molar-refractivity contribution in [2.24, 2.45) is 5.92 Å². The number of nitrogens with zero attached hydrogens (tertiary/aromatic N) is 1.